The molecule has 4 rings (SSSR count). The largest absolute Gasteiger partial charge is 0.477 e. The first-order valence-electron chi connectivity index (χ1n) is 10.2. The van der Waals surface area contributed by atoms with Crippen LogP contribution in [0, 0.1) is 5.82 Å². The summed E-state index contributed by atoms with van der Waals surface area (Å²) in [5, 5.41) is 13.4. The summed E-state index contributed by atoms with van der Waals surface area (Å²) in [6, 6.07) is 4.84. The molecule has 0 spiro atoms. The topological polar surface area (TPSA) is 113 Å². The maximum Gasteiger partial charge on any atom is 0.341 e. The van der Waals surface area contributed by atoms with Gasteiger partial charge in [-0.3, -0.25) is 4.79 Å². The fourth-order valence-electron chi connectivity index (χ4n) is 3.92. The molecule has 0 amide bonds. The maximum absolute atomic E-state index is 14.9. The summed E-state index contributed by atoms with van der Waals surface area (Å²) in [5.74, 6) is -1.71. The molecular weight excluding hydrogens is 401 g/mol. The summed E-state index contributed by atoms with van der Waals surface area (Å²) in [6.45, 7) is 8.32. The predicted molar refractivity (Wildman–Crippen MR) is 118 cm³/mol. The van der Waals surface area contributed by atoms with E-state index in [1.54, 1.807) is 10.6 Å². The second-order valence-electron chi connectivity index (χ2n) is 8.92. The highest BCUT2D eigenvalue weighted by atomic mass is 19.1. The molecule has 31 heavy (non-hydrogen) atoms. The molecule has 0 unspecified atom stereocenters. The van der Waals surface area contributed by atoms with E-state index in [9.17, 15) is 19.1 Å². The number of aromatic carboxylic acids is 1. The zero-order valence-corrected chi connectivity index (χ0v) is 17.8. The third-order valence-electron chi connectivity index (χ3n) is 5.59. The highest BCUT2D eigenvalue weighted by molar-refractivity contribution is 5.97. The van der Waals surface area contributed by atoms with E-state index in [4.69, 9.17) is 5.73 Å². The van der Waals surface area contributed by atoms with Crippen molar-refractivity contribution in [2.75, 3.05) is 31.1 Å². The Labute approximate surface area is 178 Å². The lowest BCUT2D eigenvalue weighted by Crippen LogP contribution is -2.59. The van der Waals surface area contributed by atoms with E-state index in [0.29, 0.717) is 41.9 Å². The van der Waals surface area contributed by atoms with Crippen LogP contribution in [0.3, 0.4) is 0 Å². The van der Waals surface area contributed by atoms with Crippen molar-refractivity contribution in [3.63, 3.8) is 0 Å². The summed E-state index contributed by atoms with van der Waals surface area (Å²) in [5.41, 5.74) is 5.41. The Morgan fingerprint density at radius 3 is 2.65 bits per heavy atom. The Kier molecular flexibility index (Phi) is 5.18. The van der Waals surface area contributed by atoms with Crippen molar-refractivity contribution < 1.29 is 14.3 Å². The molecule has 1 aliphatic heterocycles. The number of pyridine rings is 2. The van der Waals surface area contributed by atoms with Gasteiger partial charge in [0.15, 0.2) is 0 Å². The molecule has 0 aliphatic carbocycles. The van der Waals surface area contributed by atoms with Gasteiger partial charge < -0.3 is 25.6 Å². The maximum atomic E-state index is 14.9. The number of nitrogens with one attached hydrogen (secondary N) is 1. The number of hydrogen-bond acceptors (Lipinski definition) is 6. The van der Waals surface area contributed by atoms with Crippen molar-refractivity contribution in [1.82, 2.24) is 14.9 Å². The van der Waals surface area contributed by atoms with E-state index in [0.717, 1.165) is 6.54 Å². The SMILES string of the molecule is CC(C)(C)n1cc(C(=O)O)c(=O)c2cc3cc(F)c(N4CC(NCCN)C4)cc3nc21. The van der Waals surface area contributed by atoms with Crippen molar-refractivity contribution in [2.24, 2.45) is 5.73 Å². The Morgan fingerprint density at radius 1 is 1.32 bits per heavy atom. The van der Waals surface area contributed by atoms with Crippen molar-refractivity contribution in [1.29, 1.82) is 0 Å². The summed E-state index contributed by atoms with van der Waals surface area (Å²) in [4.78, 5) is 31.0. The average molecular weight is 427 g/mol. The number of rotatable bonds is 5. The van der Waals surface area contributed by atoms with Crippen molar-refractivity contribution in [3.05, 3.63) is 46.0 Å². The first kappa shape index (κ1) is 21.2. The average Bonchev–Trinajstić information content (AvgIpc) is 2.65. The lowest BCUT2D eigenvalue weighted by molar-refractivity contribution is 0.0694. The second kappa shape index (κ2) is 7.58. The summed E-state index contributed by atoms with van der Waals surface area (Å²) in [6.07, 6.45) is 1.33. The first-order chi connectivity index (χ1) is 14.6. The molecule has 2 aromatic heterocycles. The minimum atomic E-state index is -1.30. The Balaban J connectivity index is 1.85. The third-order valence-corrected chi connectivity index (χ3v) is 5.59. The molecule has 3 aromatic rings. The molecule has 0 bridgehead atoms. The van der Waals surface area contributed by atoms with Crippen LogP contribution in [0.15, 0.2) is 29.2 Å². The van der Waals surface area contributed by atoms with Crippen molar-refractivity contribution in [3.8, 4) is 0 Å². The standard InChI is InChI=1S/C22H26FN5O3/c1-22(2,3)28-11-15(21(30)31)19(29)14-6-12-7-16(23)18(8-17(12)26-20(14)28)27-9-13(10-27)25-5-4-24/h6-8,11,13,25H,4-5,9-10,24H2,1-3H3,(H,30,31). The van der Waals surface area contributed by atoms with Crippen LogP contribution in [-0.4, -0.2) is 52.8 Å². The number of carboxylic acids is 1. The number of halogens is 1. The molecule has 1 aliphatic rings. The zero-order chi connectivity index (χ0) is 22.5. The minimum absolute atomic E-state index is 0.157. The van der Waals surface area contributed by atoms with Gasteiger partial charge >= 0.3 is 5.97 Å². The van der Waals surface area contributed by atoms with Gasteiger partial charge in [0.2, 0.25) is 5.43 Å². The molecule has 4 N–H and O–H groups in total. The summed E-state index contributed by atoms with van der Waals surface area (Å²) < 4.78 is 16.5. The molecule has 3 heterocycles. The van der Waals surface area contributed by atoms with E-state index >= 15 is 0 Å². The van der Waals surface area contributed by atoms with Crippen LogP contribution in [0.4, 0.5) is 10.1 Å². The number of nitrogens with zero attached hydrogens (tertiary/aromatic N) is 3. The molecule has 0 atom stereocenters. The van der Waals surface area contributed by atoms with E-state index in [-0.39, 0.29) is 17.0 Å². The molecule has 8 nitrogen and oxygen atoms in total. The molecule has 1 aromatic carbocycles. The van der Waals surface area contributed by atoms with Gasteiger partial charge in [-0.25, -0.2) is 14.2 Å². The van der Waals surface area contributed by atoms with Gasteiger partial charge in [-0.15, -0.1) is 0 Å². The molecule has 164 valence electrons. The first-order valence-corrected chi connectivity index (χ1v) is 10.2. The number of nitrogens with two attached hydrogens (primary N) is 1. The molecular formula is C22H26FN5O3. The normalized spacial score (nSPS) is 14.9. The fourth-order valence-corrected chi connectivity index (χ4v) is 3.92. The lowest BCUT2D eigenvalue weighted by Gasteiger charge is -2.41. The number of fused-ring (bicyclic) bond motifs is 2. The molecule has 0 radical (unpaired) electrons. The van der Waals surface area contributed by atoms with Gasteiger partial charge in [-0.2, -0.15) is 0 Å². The van der Waals surface area contributed by atoms with Gasteiger partial charge in [-0.1, -0.05) is 0 Å². The minimum Gasteiger partial charge on any atom is -0.477 e. The number of aromatic nitrogens is 2. The van der Waals surface area contributed by atoms with Crippen molar-refractivity contribution in [2.45, 2.75) is 32.4 Å². The number of anilines is 1. The van der Waals surface area contributed by atoms with E-state index in [2.05, 4.69) is 10.3 Å². The third kappa shape index (κ3) is 3.75. The van der Waals surface area contributed by atoms with E-state index in [1.807, 2.05) is 25.7 Å². The van der Waals surface area contributed by atoms with Gasteiger partial charge in [0.1, 0.15) is 17.0 Å². The lowest BCUT2D eigenvalue weighted by atomic mass is 10.0. The van der Waals surface area contributed by atoms with Crippen LogP contribution in [0.1, 0.15) is 31.1 Å². The quantitative estimate of drug-likeness (QED) is 0.533. The Morgan fingerprint density at radius 2 is 2.03 bits per heavy atom. The van der Waals surface area contributed by atoms with Crippen LogP contribution in [-0.2, 0) is 5.54 Å². The zero-order valence-electron chi connectivity index (χ0n) is 17.8. The van der Waals surface area contributed by atoms with E-state index in [1.165, 1.54) is 18.3 Å². The number of carbonyl (C=O) groups is 1. The highest BCUT2D eigenvalue weighted by Crippen LogP contribution is 2.30. The molecule has 9 heteroatoms. The number of hydrogen-bond donors (Lipinski definition) is 3. The van der Waals surface area contributed by atoms with Crippen LogP contribution < -0.4 is 21.4 Å². The van der Waals surface area contributed by atoms with Crippen LogP contribution in [0.2, 0.25) is 0 Å². The summed E-state index contributed by atoms with van der Waals surface area (Å²) in [7, 11) is 0. The fraction of sp³-hybridized carbons (Fsp3) is 0.409. The van der Waals surface area contributed by atoms with Crippen molar-refractivity contribution >= 4 is 33.6 Å². The Hall–Kier alpha value is -3.04. The number of benzene rings is 1. The van der Waals surface area contributed by atoms with Gasteiger partial charge in [0, 0.05) is 49.3 Å². The van der Waals surface area contributed by atoms with Crippen LogP contribution in [0.5, 0.6) is 0 Å². The van der Waals surface area contributed by atoms with Gasteiger partial charge in [0.25, 0.3) is 0 Å². The Bertz CT molecular complexity index is 1240. The van der Waals surface area contributed by atoms with Gasteiger partial charge in [0.05, 0.1) is 16.6 Å². The van der Waals surface area contributed by atoms with Crippen LogP contribution in [0.25, 0.3) is 21.9 Å². The molecule has 1 fully saturated rings. The van der Waals surface area contributed by atoms with Crippen LogP contribution >= 0.6 is 0 Å². The molecule has 1 saturated heterocycles. The molecule has 0 saturated carbocycles. The number of carboxylic acid groups (broad SMARTS) is 1. The second-order valence-corrected chi connectivity index (χ2v) is 8.92. The highest BCUT2D eigenvalue weighted by Gasteiger charge is 2.29. The summed E-state index contributed by atoms with van der Waals surface area (Å²) >= 11 is 0. The monoisotopic (exact) mass is 427 g/mol. The smallest absolute Gasteiger partial charge is 0.341 e. The van der Waals surface area contributed by atoms with E-state index < -0.39 is 22.8 Å². The predicted octanol–water partition coefficient (Wildman–Crippen LogP) is 1.88. The van der Waals surface area contributed by atoms with Gasteiger partial charge in [-0.05, 0) is 39.0 Å².